The maximum absolute atomic E-state index is 12.2. The fourth-order valence-corrected chi connectivity index (χ4v) is 3.51. The van der Waals surface area contributed by atoms with Crippen LogP contribution in [0, 0.1) is 0 Å². The molecule has 5 heteroatoms. The van der Waals surface area contributed by atoms with Crippen LogP contribution in [0.3, 0.4) is 0 Å². The van der Waals surface area contributed by atoms with Crippen molar-refractivity contribution in [2.24, 2.45) is 0 Å². The largest absolute Gasteiger partial charge is 0.363 e. The zero-order valence-electron chi connectivity index (χ0n) is 12.6. The molecule has 1 N–H and O–H groups in total. The summed E-state index contributed by atoms with van der Waals surface area (Å²) in [6.45, 7) is 7.83. The number of carbonyl (C=O) groups is 1. The molecular weight excluding hydrogens is 254 g/mol. The fraction of sp³-hybridized carbons (Fsp3) is 0.933. The molecule has 3 rings (SSSR count). The van der Waals surface area contributed by atoms with Crippen LogP contribution >= 0.6 is 0 Å². The molecule has 1 aliphatic carbocycles. The second kappa shape index (κ2) is 6.00. The van der Waals surface area contributed by atoms with Gasteiger partial charge >= 0.3 is 0 Å². The van der Waals surface area contributed by atoms with Gasteiger partial charge in [0.1, 0.15) is 6.61 Å². The van der Waals surface area contributed by atoms with Crippen molar-refractivity contribution in [3.05, 3.63) is 0 Å². The number of hydrogen-bond acceptors (Lipinski definition) is 4. The Morgan fingerprint density at radius 3 is 2.40 bits per heavy atom. The second-order valence-corrected chi connectivity index (χ2v) is 6.70. The highest BCUT2D eigenvalue weighted by atomic mass is 16.5. The molecular formula is C15H27N3O2. The Hall–Kier alpha value is -0.650. The predicted molar refractivity (Wildman–Crippen MR) is 77.6 cm³/mol. The highest BCUT2D eigenvalue weighted by Gasteiger charge is 2.34. The zero-order valence-corrected chi connectivity index (χ0v) is 12.6. The van der Waals surface area contributed by atoms with Gasteiger partial charge in [-0.15, -0.1) is 0 Å². The average Bonchev–Trinajstić information content (AvgIpc) is 2.97. The highest BCUT2D eigenvalue weighted by molar-refractivity contribution is 5.77. The Labute approximate surface area is 121 Å². The summed E-state index contributed by atoms with van der Waals surface area (Å²) in [4.78, 5) is 16.7. The number of nitrogens with one attached hydrogen (secondary N) is 1. The summed E-state index contributed by atoms with van der Waals surface area (Å²) < 4.78 is 5.74. The Kier molecular flexibility index (Phi) is 4.29. The minimum absolute atomic E-state index is 0.124. The lowest BCUT2D eigenvalue weighted by molar-refractivity contribution is -0.147. The highest BCUT2D eigenvalue weighted by Crippen LogP contribution is 2.24. The van der Waals surface area contributed by atoms with E-state index in [0.29, 0.717) is 0 Å². The van der Waals surface area contributed by atoms with E-state index >= 15 is 0 Å². The van der Waals surface area contributed by atoms with Crippen LogP contribution in [0.5, 0.6) is 0 Å². The molecule has 2 aliphatic heterocycles. The molecule has 114 valence electrons. The minimum Gasteiger partial charge on any atom is -0.363 e. The minimum atomic E-state index is -0.124. The molecule has 0 unspecified atom stereocenters. The first-order valence-electron chi connectivity index (χ1n) is 8.03. The normalized spacial score (nSPS) is 27.6. The maximum Gasteiger partial charge on any atom is 0.248 e. The van der Waals surface area contributed by atoms with Gasteiger partial charge in [-0.1, -0.05) is 12.8 Å². The molecule has 3 aliphatic rings. The van der Waals surface area contributed by atoms with Gasteiger partial charge in [0.15, 0.2) is 0 Å². The Morgan fingerprint density at radius 2 is 1.85 bits per heavy atom. The smallest absolute Gasteiger partial charge is 0.248 e. The summed E-state index contributed by atoms with van der Waals surface area (Å²) in [5, 5.41) is 3.19. The number of ether oxygens (including phenoxy) is 1. The molecule has 5 nitrogen and oxygen atoms in total. The molecule has 0 radical (unpaired) electrons. The van der Waals surface area contributed by atoms with Gasteiger partial charge in [-0.3, -0.25) is 9.69 Å². The SMILES string of the molecule is CC1(OCC(=O)N2CCN(C3CCCC3)CC2)CNC1. The van der Waals surface area contributed by atoms with Crippen LogP contribution in [-0.4, -0.2) is 73.2 Å². The van der Waals surface area contributed by atoms with E-state index in [2.05, 4.69) is 17.1 Å². The molecule has 3 fully saturated rings. The van der Waals surface area contributed by atoms with Crippen LogP contribution in [0.25, 0.3) is 0 Å². The summed E-state index contributed by atoms with van der Waals surface area (Å²) in [7, 11) is 0. The first-order chi connectivity index (χ1) is 9.66. The third-order valence-electron chi connectivity index (χ3n) is 5.05. The average molecular weight is 281 g/mol. The van der Waals surface area contributed by atoms with Gasteiger partial charge < -0.3 is 15.0 Å². The van der Waals surface area contributed by atoms with E-state index in [1.807, 2.05) is 4.90 Å². The van der Waals surface area contributed by atoms with Gasteiger partial charge in [-0.2, -0.15) is 0 Å². The van der Waals surface area contributed by atoms with Gasteiger partial charge in [-0.05, 0) is 19.8 Å². The van der Waals surface area contributed by atoms with Crippen LogP contribution in [0.1, 0.15) is 32.6 Å². The van der Waals surface area contributed by atoms with Crippen molar-refractivity contribution in [1.82, 2.24) is 15.1 Å². The molecule has 0 aromatic rings. The summed E-state index contributed by atoms with van der Waals surface area (Å²) in [5.41, 5.74) is -0.124. The van der Waals surface area contributed by atoms with Gasteiger partial charge in [-0.25, -0.2) is 0 Å². The van der Waals surface area contributed by atoms with Crippen LogP contribution in [0.4, 0.5) is 0 Å². The molecule has 0 spiro atoms. The predicted octanol–water partition coefficient (Wildman–Crippen LogP) is 0.452. The number of carbonyl (C=O) groups excluding carboxylic acids is 1. The molecule has 0 aromatic carbocycles. The lowest BCUT2D eigenvalue weighted by Crippen LogP contribution is -2.60. The first-order valence-corrected chi connectivity index (χ1v) is 8.03. The van der Waals surface area contributed by atoms with Crippen molar-refractivity contribution < 1.29 is 9.53 Å². The van der Waals surface area contributed by atoms with E-state index in [0.717, 1.165) is 45.3 Å². The van der Waals surface area contributed by atoms with Crippen LogP contribution in [-0.2, 0) is 9.53 Å². The van der Waals surface area contributed by atoms with Crippen LogP contribution < -0.4 is 5.32 Å². The molecule has 1 saturated carbocycles. The molecule has 0 aromatic heterocycles. The molecule has 0 atom stereocenters. The lowest BCUT2D eigenvalue weighted by Gasteiger charge is -2.41. The summed E-state index contributed by atoms with van der Waals surface area (Å²) >= 11 is 0. The summed E-state index contributed by atoms with van der Waals surface area (Å²) in [6.07, 6.45) is 5.46. The molecule has 2 heterocycles. The molecule has 2 saturated heterocycles. The van der Waals surface area contributed by atoms with E-state index in [1.165, 1.54) is 25.7 Å². The molecule has 1 amide bonds. The van der Waals surface area contributed by atoms with Gasteiger partial charge in [0, 0.05) is 45.3 Å². The summed E-state index contributed by atoms with van der Waals surface area (Å²) in [5.74, 6) is 0.157. The Morgan fingerprint density at radius 1 is 1.20 bits per heavy atom. The van der Waals surface area contributed by atoms with Gasteiger partial charge in [0.05, 0.1) is 5.60 Å². The standard InChI is InChI=1S/C15H27N3O2/c1-15(11-16-12-15)20-10-14(19)18-8-6-17(7-9-18)13-4-2-3-5-13/h13,16H,2-12H2,1H3. The van der Waals surface area contributed by atoms with Crippen LogP contribution in [0.15, 0.2) is 0 Å². The van der Waals surface area contributed by atoms with Crippen molar-refractivity contribution in [2.45, 2.75) is 44.2 Å². The third kappa shape index (κ3) is 3.15. The monoisotopic (exact) mass is 281 g/mol. The van der Waals surface area contributed by atoms with E-state index in [4.69, 9.17) is 4.74 Å². The van der Waals surface area contributed by atoms with Crippen molar-refractivity contribution in [3.8, 4) is 0 Å². The molecule has 0 bridgehead atoms. The van der Waals surface area contributed by atoms with Crippen molar-refractivity contribution in [1.29, 1.82) is 0 Å². The number of piperazine rings is 1. The quantitative estimate of drug-likeness (QED) is 0.813. The Balaban J connectivity index is 1.39. The number of rotatable bonds is 4. The zero-order chi connectivity index (χ0) is 14.0. The van der Waals surface area contributed by atoms with Crippen molar-refractivity contribution >= 4 is 5.91 Å². The topological polar surface area (TPSA) is 44.8 Å². The number of nitrogens with zero attached hydrogens (tertiary/aromatic N) is 2. The Bertz CT molecular complexity index is 343. The van der Waals surface area contributed by atoms with Gasteiger partial charge in [0.2, 0.25) is 5.91 Å². The van der Waals surface area contributed by atoms with Crippen molar-refractivity contribution in [3.63, 3.8) is 0 Å². The first kappa shape index (κ1) is 14.3. The maximum atomic E-state index is 12.2. The van der Waals surface area contributed by atoms with E-state index in [1.54, 1.807) is 0 Å². The second-order valence-electron chi connectivity index (χ2n) is 6.70. The summed E-state index contributed by atoms with van der Waals surface area (Å²) in [6, 6.07) is 0.781. The number of amides is 1. The lowest BCUT2D eigenvalue weighted by atomic mass is 10.0. The van der Waals surface area contributed by atoms with E-state index < -0.39 is 0 Å². The van der Waals surface area contributed by atoms with Crippen LogP contribution in [0.2, 0.25) is 0 Å². The fourth-order valence-electron chi connectivity index (χ4n) is 3.51. The number of hydrogen-bond donors (Lipinski definition) is 1. The van der Waals surface area contributed by atoms with E-state index in [-0.39, 0.29) is 18.1 Å². The van der Waals surface area contributed by atoms with Crippen molar-refractivity contribution in [2.75, 3.05) is 45.9 Å². The third-order valence-corrected chi connectivity index (χ3v) is 5.05. The molecule has 20 heavy (non-hydrogen) atoms. The van der Waals surface area contributed by atoms with E-state index in [9.17, 15) is 4.79 Å². The van der Waals surface area contributed by atoms with Gasteiger partial charge in [0.25, 0.3) is 0 Å².